The minimum absolute atomic E-state index is 0.627. The summed E-state index contributed by atoms with van der Waals surface area (Å²) < 4.78 is 0.627. The van der Waals surface area contributed by atoms with E-state index in [9.17, 15) is 0 Å². The van der Waals surface area contributed by atoms with E-state index in [0.717, 1.165) is 12.1 Å². The summed E-state index contributed by atoms with van der Waals surface area (Å²) in [5.41, 5.74) is 0.944. The smallest absolute Gasteiger partial charge is 0.0696 e. The molecule has 0 aliphatic heterocycles. The van der Waals surface area contributed by atoms with Crippen molar-refractivity contribution in [3.05, 3.63) is 23.9 Å². The van der Waals surface area contributed by atoms with Crippen molar-refractivity contribution in [1.82, 2.24) is 0 Å². The van der Waals surface area contributed by atoms with Gasteiger partial charge >= 0.3 is 0 Å². The van der Waals surface area contributed by atoms with E-state index >= 15 is 0 Å². The minimum Gasteiger partial charge on any atom is -0.195 e. The third kappa shape index (κ3) is 3.27. The predicted octanol–water partition coefficient (Wildman–Crippen LogP) is 3.13. The van der Waals surface area contributed by atoms with Crippen molar-refractivity contribution in [3.8, 4) is 0 Å². The van der Waals surface area contributed by atoms with Gasteiger partial charge in [0.1, 0.15) is 0 Å². The van der Waals surface area contributed by atoms with Crippen LogP contribution < -0.4 is 0 Å². The third-order valence-electron chi connectivity index (χ3n) is 1.45. The fraction of sp³-hybridized carbons (Fsp3) is 0.375. The van der Waals surface area contributed by atoms with Crippen LogP contribution in [-0.4, -0.2) is 9.09 Å². The molecule has 0 saturated carbocycles. The summed E-state index contributed by atoms with van der Waals surface area (Å²) in [7, 11) is 0. The van der Waals surface area contributed by atoms with Crippen molar-refractivity contribution in [3.63, 3.8) is 0 Å². The number of isothiocyanates is 1. The number of hydrogen-bond acceptors (Lipinski definition) is 2. The number of aliphatic imine (C=N–C) groups is 1. The molecule has 0 saturated heterocycles. The number of halogens is 1. The van der Waals surface area contributed by atoms with Crippen LogP contribution in [-0.2, 0) is 0 Å². The van der Waals surface area contributed by atoms with Crippen molar-refractivity contribution >= 4 is 40.0 Å². The second-order valence-electron chi connectivity index (χ2n) is 2.28. The van der Waals surface area contributed by atoms with Crippen LogP contribution in [0.25, 0.3) is 0 Å². The van der Waals surface area contributed by atoms with Gasteiger partial charge in [0.15, 0.2) is 0 Å². The zero-order valence-corrected chi connectivity index (χ0v) is 8.93. The number of rotatable bonds is 1. The Hall–Kier alpha value is 0.01000. The summed E-state index contributed by atoms with van der Waals surface area (Å²) in [6.07, 6.45) is 8.51. The summed E-state index contributed by atoms with van der Waals surface area (Å²) >= 11 is 6.92. The minimum atomic E-state index is 0.627. The van der Waals surface area contributed by atoms with Crippen molar-refractivity contribution in [1.29, 1.82) is 0 Å². The molecule has 0 aromatic carbocycles. The van der Waals surface area contributed by atoms with Gasteiger partial charge < -0.3 is 0 Å². The Labute approximate surface area is 85.4 Å². The quantitative estimate of drug-likeness (QED) is 0.310. The van der Waals surface area contributed by atoms with Gasteiger partial charge in [0.2, 0.25) is 0 Å². The first-order valence-corrected chi connectivity index (χ1v) is 5.08. The van der Waals surface area contributed by atoms with Gasteiger partial charge in [0, 0.05) is 3.92 Å². The fourth-order valence-corrected chi connectivity index (χ4v) is 1.57. The van der Waals surface area contributed by atoms with E-state index in [-0.39, 0.29) is 0 Å². The third-order valence-corrected chi connectivity index (χ3v) is 2.58. The Kier molecular flexibility index (Phi) is 3.97. The zero-order valence-electron chi connectivity index (χ0n) is 5.96. The van der Waals surface area contributed by atoms with Gasteiger partial charge in [-0.2, -0.15) is 4.99 Å². The maximum absolute atomic E-state index is 4.51. The van der Waals surface area contributed by atoms with Gasteiger partial charge in [-0.1, -0.05) is 34.7 Å². The standard InChI is InChI=1S/C8H8INS/c9-7-2-1-3-8(5-4-7)10-6-11/h3-5,7H,1-2H2. The van der Waals surface area contributed by atoms with Crippen LogP contribution >= 0.6 is 34.8 Å². The number of thiocarbonyl (C=S) groups is 1. The van der Waals surface area contributed by atoms with E-state index in [4.69, 9.17) is 0 Å². The van der Waals surface area contributed by atoms with Crippen LogP contribution in [0.3, 0.4) is 0 Å². The highest BCUT2D eigenvalue weighted by Crippen LogP contribution is 2.17. The highest BCUT2D eigenvalue weighted by Gasteiger charge is 2.01. The molecule has 0 aromatic rings. The average Bonchev–Trinajstić information content (AvgIpc) is 2.17. The second-order valence-corrected chi connectivity index (χ2v) is 4.07. The Morgan fingerprint density at radius 2 is 2.55 bits per heavy atom. The Balaban J connectivity index is 2.71. The normalized spacial score (nSPS) is 23.4. The number of nitrogens with zero attached hydrogens (tertiary/aromatic N) is 1. The molecule has 0 N–H and O–H groups in total. The molecule has 11 heavy (non-hydrogen) atoms. The molecular weight excluding hydrogens is 269 g/mol. The summed E-state index contributed by atoms with van der Waals surface area (Å²) in [5.74, 6) is 0. The molecule has 0 heterocycles. The van der Waals surface area contributed by atoms with E-state index in [1.165, 1.54) is 6.42 Å². The summed E-state index contributed by atoms with van der Waals surface area (Å²) in [4.78, 5) is 3.91. The molecule has 0 spiro atoms. The number of allylic oxidation sites excluding steroid dienone is 3. The zero-order chi connectivity index (χ0) is 8.10. The first kappa shape index (κ1) is 9.10. The van der Waals surface area contributed by atoms with E-state index in [1.54, 1.807) is 0 Å². The molecule has 1 rings (SSSR count). The molecule has 0 radical (unpaired) electrons. The van der Waals surface area contributed by atoms with Gasteiger partial charge in [-0.05, 0) is 31.1 Å². The van der Waals surface area contributed by atoms with E-state index < -0.39 is 0 Å². The lowest BCUT2D eigenvalue weighted by Gasteiger charge is -1.95. The second kappa shape index (κ2) is 4.80. The van der Waals surface area contributed by atoms with Crippen LogP contribution in [0, 0.1) is 0 Å². The molecule has 1 aliphatic rings. The molecule has 0 aromatic heterocycles. The lowest BCUT2D eigenvalue weighted by atomic mass is 10.2. The number of hydrogen-bond donors (Lipinski definition) is 0. The first-order valence-electron chi connectivity index (χ1n) is 3.43. The van der Waals surface area contributed by atoms with Gasteiger partial charge in [-0.3, -0.25) is 0 Å². The average molecular weight is 277 g/mol. The van der Waals surface area contributed by atoms with Gasteiger partial charge in [0.05, 0.1) is 10.9 Å². The molecule has 58 valence electrons. The molecule has 3 heteroatoms. The molecule has 0 amide bonds. The molecule has 1 aliphatic carbocycles. The van der Waals surface area contributed by atoms with E-state index in [0.29, 0.717) is 3.92 Å². The first-order chi connectivity index (χ1) is 5.33. The molecule has 1 unspecified atom stereocenters. The Morgan fingerprint density at radius 3 is 3.27 bits per heavy atom. The van der Waals surface area contributed by atoms with Crippen LogP contribution in [0.15, 0.2) is 28.9 Å². The number of alkyl halides is 1. The van der Waals surface area contributed by atoms with Crippen LogP contribution in [0.1, 0.15) is 12.8 Å². The molecule has 0 bridgehead atoms. The largest absolute Gasteiger partial charge is 0.195 e. The van der Waals surface area contributed by atoms with Crippen molar-refractivity contribution in [2.45, 2.75) is 16.8 Å². The van der Waals surface area contributed by atoms with Gasteiger partial charge in [0.25, 0.3) is 0 Å². The Bertz CT molecular complexity index is 238. The van der Waals surface area contributed by atoms with E-state index in [1.807, 2.05) is 6.08 Å². The fourth-order valence-electron chi connectivity index (χ4n) is 0.893. The summed E-state index contributed by atoms with van der Waals surface area (Å²) in [5, 5.41) is 2.37. The van der Waals surface area contributed by atoms with Crippen molar-refractivity contribution in [2.75, 3.05) is 0 Å². The highest BCUT2D eigenvalue weighted by molar-refractivity contribution is 14.1. The summed E-state index contributed by atoms with van der Waals surface area (Å²) in [6, 6.07) is 0. The predicted molar refractivity (Wildman–Crippen MR) is 59.3 cm³/mol. The van der Waals surface area contributed by atoms with Crippen LogP contribution in [0.4, 0.5) is 0 Å². The monoisotopic (exact) mass is 277 g/mol. The van der Waals surface area contributed by atoms with Crippen molar-refractivity contribution < 1.29 is 0 Å². The highest BCUT2D eigenvalue weighted by atomic mass is 127. The molecule has 1 atom stereocenters. The maximum atomic E-state index is 4.51. The lowest BCUT2D eigenvalue weighted by molar-refractivity contribution is 0.910. The topological polar surface area (TPSA) is 12.4 Å². The molecule has 1 nitrogen and oxygen atoms in total. The van der Waals surface area contributed by atoms with Crippen molar-refractivity contribution in [2.24, 2.45) is 4.99 Å². The van der Waals surface area contributed by atoms with E-state index in [2.05, 4.69) is 57.1 Å². The van der Waals surface area contributed by atoms with Crippen LogP contribution in [0.2, 0.25) is 0 Å². The van der Waals surface area contributed by atoms with Crippen LogP contribution in [0.5, 0.6) is 0 Å². The molecule has 0 fully saturated rings. The molecular formula is C8H8INS. The maximum Gasteiger partial charge on any atom is 0.0696 e. The van der Waals surface area contributed by atoms with Gasteiger partial charge in [-0.15, -0.1) is 0 Å². The Morgan fingerprint density at radius 1 is 1.73 bits per heavy atom. The van der Waals surface area contributed by atoms with Gasteiger partial charge in [-0.25, -0.2) is 0 Å². The lowest BCUT2D eigenvalue weighted by Crippen LogP contribution is -1.87. The summed E-state index contributed by atoms with van der Waals surface area (Å²) in [6.45, 7) is 0. The SMILES string of the molecule is S=C=NC1=CCCC(I)C=C1.